The summed E-state index contributed by atoms with van der Waals surface area (Å²) in [6.45, 7) is 5.88. The first-order valence-electron chi connectivity index (χ1n) is 8.28. The summed E-state index contributed by atoms with van der Waals surface area (Å²) in [4.78, 5) is 16.0. The number of rotatable bonds is 2. The number of piperazine rings is 1. The Morgan fingerprint density at radius 3 is 2.24 bits per heavy atom. The zero-order valence-corrected chi connectivity index (χ0v) is 14.4. The van der Waals surface area contributed by atoms with E-state index in [4.69, 9.17) is 0 Å². The minimum atomic E-state index is -0.590. The number of anilines is 2. The molecule has 2 amide bonds. The Bertz CT molecular complexity index is 766. The van der Waals surface area contributed by atoms with Crippen LogP contribution in [0.3, 0.4) is 0 Å². The van der Waals surface area contributed by atoms with Crippen molar-refractivity contribution in [3.8, 4) is 0 Å². The van der Waals surface area contributed by atoms with Gasteiger partial charge in [0, 0.05) is 37.9 Å². The summed E-state index contributed by atoms with van der Waals surface area (Å²) in [6, 6.07) is 9.29. The lowest BCUT2D eigenvalue weighted by molar-refractivity contribution is 0.208. The quantitative estimate of drug-likeness (QED) is 0.895. The molecule has 0 radical (unpaired) electrons. The van der Waals surface area contributed by atoms with E-state index in [1.54, 1.807) is 4.90 Å². The molecule has 0 aromatic heterocycles. The highest BCUT2D eigenvalue weighted by molar-refractivity contribution is 5.91. The van der Waals surface area contributed by atoms with Crippen LogP contribution in [-0.4, -0.2) is 37.1 Å². The Kier molecular flexibility index (Phi) is 4.88. The molecule has 0 aliphatic carbocycles. The highest BCUT2D eigenvalue weighted by atomic mass is 19.1. The Morgan fingerprint density at radius 2 is 1.64 bits per heavy atom. The van der Waals surface area contributed by atoms with Gasteiger partial charge in [0.15, 0.2) is 0 Å². The minimum Gasteiger partial charge on any atom is -0.366 e. The first kappa shape index (κ1) is 17.2. The predicted octanol–water partition coefficient (Wildman–Crippen LogP) is 3.94. The maximum atomic E-state index is 13.9. The fraction of sp³-hybridized carbons (Fsp3) is 0.316. The van der Waals surface area contributed by atoms with Crippen LogP contribution >= 0.6 is 0 Å². The van der Waals surface area contributed by atoms with E-state index in [1.807, 2.05) is 36.9 Å². The largest absolute Gasteiger partial charge is 0.366 e. The molecule has 1 aliphatic rings. The molecule has 2 aromatic carbocycles. The molecule has 1 fully saturated rings. The normalized spacial score (nSPS) is 14.6. The first-order valence-corrected chi connectivity index (χ1v) is 8.28. The summed E-state index contributed by atoms with van der Waals surface area (Å²) >= 11 is 0. The number of urea groups is 1. The van der Waals surface area contributed by atoms with E-state index in [0.29, 0.717) is 31.9 Å². The van der Waals surface area contributed by atoms with Crippen LogP contribution in [0.4, 0.5) is 25.0 Å². The number of amides is 2. The lowest BCUT2D eigenvalue weighted by Gasteiger charge is -2.36. The van der Waals surface area contributed by atoms with Gasteiger partial charge in [-0.1, -0.05) is 18.2 Å². The Labute approximate surface area is 146 Å². The van der Waals surface area contributed by atoms with Crippen LogP contribution in [0.25, 0.3) is 0 Å². The van der Waals surface area contributed by atoms with Crippen molar-refractivity contribution in [1.82, 2.24) is 4.90 Å². The highest BCUT2D eigenvalue weighted by Gasteiger charge is 2.23. The van der Waals surface area contributed by atoms with Gasteiger partial charge >= 0.3 is 6.03 Å². The lowest BCUT2D eigenvalue weighted by atomic mass is 10.1. The zero-order valence-electron chi connectivity index (χ0n) is 14.4. The van der Waals surface area contributed by atoms with E-state index >= 15 is 0 Å². The van der Waals surface area contributed by atoms with Gasteiger partial charge in [0.05, 0.1) is 5.69 Å². The molecule has 0 bridgehead atoms. The maximum Gasteiger partial charge on any atom is 0.321 e. The molecule has 1 heterocycles. The summed E-state index contributed by atoms with van der Waals surface area (Å²) < 4.78 is 26.9. The fourth-order valence-electron chi connectivity index (χ4n) is 3.09. The van der Waals surface area contributed by atoms with Crippen molar-refractivity contribution in [3.05, 3.63) is 59.2 Å². The van der Waals surface area contributed by atoms with Crippen LogP contribution in [0.1, 0.15) is 11.1 Å². The number of hydrogen-bond donors (Lipinski definition) is 1. The maximum absolute atomic E-state index is 13.9. The van der Waals surface area contributed by atoms with Gasteiger partial charge in [-0.25, -0.2) is 13.6 Å². The Hall–Kier alpha value is -2.63. The molecule has 1 N–H and O–H groups in total. The first-order chi connectivity index (χ1) is 12.0. The summed E-state index contributed by atoms with van der Waals surface area (Å²) in [5.74, 6) is -1.17. The van der Waals surface area contributed by atoms with Gasteiger partial charge in [0.2, 0.25) is 0 Å². The monoisotopic (exact) mass is 345 g/mol. The topological polar surface area (TPSA) is 35.6 Å². The second-order valence-corrected chi connectivity index (χ2v) is 6.27. The van der Waals surface area contributed by atoms with Crippen LogP contribution in [0, 0.1) is 25.5 Å². The van der Waals surface area contributed by atoms with Crippen molar-refractivity contribution in [2.75, 3.05) is 36.4 Å². The number of nitrogens with zero attached hydrogens (tertiary/aromatic N) is 2. The molecule has 1 saturated heterocycles. The van der Waals surface area contributed by atoms with E-state index in [2.05, 4.69) is 5.32 Å². The summed E-state index contributed by atoms with van der Waals surface area (Å²) in [5.41, 5.74) is 3.23. The average molecular weight is 345 g/mol. The van der Waals surface area contributed by atoms with E-state index in [9.17, 15) is 13.6 Å². The van der Waals surface area contributed by atoms with Gasteiger partial charge in [-0.05, 0) is 37.1 Å². The number of carbonyl (C=O) groups is 1. The highest BCUT2D eigenvalue weighted by Crippen LogP contribution is 2.23. The molecule has 0 unspecified atom stereocenters. The van der Waals surface area contributed by atoms with Crippen molar-refractivity contribution in [2.45, 2.75) is 13.8 Å². The van der Waals surface area contributed by atoms with Crippen LogP contribution in [0.5, 0.6) is 0 Å². The summed E-state index contributed by atoms with van der Waals surface area (Å²) in [6.07, 6.45) is 0. The Balaban J connectivity index is 1.63. The number of carbonyl (C=O) groups excluding carboxylic acids is 1. The van der Waals surface area contributed by atoms with E-state index in [-0.39, 0.29) is 6.03 Å². The molecule has 0 spiro atoms. The number of benzene rings is 2. The molecule has 4 nitrogen and oxygen atoms in total. The molecule has 3 rings (SSSR count). The van der Waals surface area contributed by atoms with Crippen LogP contribution in [0.2, 0.25) is 0 Å². The van der Waals surface area contributed by atoms with Crippen molar-refractivity contribution >= 4 is 17.4 Å². The van der Waals surface area contributed by atoms with Crippen molar-refractivity contribution in [1.29, 1.82) is 0 Å². The second kappa shape index (κ2) is 7.09. The molecule has 25 heavy (non-hydrogen) atoms. The Morgan fingerprint density at radius 1 is 1.00 bits per heavy atom. The van der Waals surface area contributed by atoms with Crippen molar-refractivity contribution in [2.24, 2.45) is 0 Å². The van der Waals surface area contributed by atoms with Gasteiger partial charge in [-0.15, -0.1) is 0 Å². The van der Waals surface area contributed by atoms with E-state index in [1.165, 1.54) is 12.1 Å². The van der Waals surface area contributed by atoms with Crippen LogP contribution in [0.15, 0.2) is 36.4 Å². The lowest BCUT2D eigenvalue weighted by Crippen LogP contribution is -2.50. The van der Waals surface area contributed by atoms with Crippen molar-refractivity contribution < 1.29 is 13.6 Å². The molecule has 0 saturated carbocycles. The molecule has 2 aromatic rings. The number of halogens is 2. The van der Waals surface area contributed by atoms with Gasteiger partial charge < -0.3 is 15.1 Å². The van der Waals surface area contributed by atoms with E-state index < -0.39 is 11.6 Å². The van der Waals surface area contributed by atoms with Gasteiger partial charge in [-0.2, -0.15) is 0 Å². The summed E-state index contributed by atoms with van der Waals surface area (Å²) in [5, 5.41) is 2.97. The smallest absolute Gasteiger partial charge is 0.321 e. The average Bonchev–Trinajstić information content (AvgIpc) is 2.58. The molecular weight excluding hydrogens is 324 g/mol. The number of nitrogens with one attached hydrogen (secondary N) is 1. The number of para-hydroxylation sites is 1. The van der Waals surface area contributed by atoms with Crippen molar-refractivity contribution in [3.63, 3.8) is 0 Å². The van der Waals surface area contributed by atoms with Crippen LogP contribution in [-0.2, 0) is 0 Å². The minimum absolute atomic E-state index is 0.156. The third kappa shape index (κ3) is 3.73. The van der Waals surface area contributed by atoms with Crippen LogP contribution < -0.4 is 10.2 Å². The molecule has 132 valence electrons. The standard InChI is InChI=1S/C19H21F2N3O/c1-13-4-3-5-14(2)18(13)22-19(25)24-10-8-23(9-11-24)17-7-6-15(20)12-16(17)21/h3-7,12H,8-11H2,1-2H3,(H,22,25). The fourth-order valence-corrected chi connectivity index (χ4v) is 3.09. The van der Waals surface area contributed by atoms with Gasteiger partial charge in [-0.3, -0.25) is 0 Å². The zero-order chi connectivity index (χ0) is 18.0. The molecule has 1 aliphatic heterocycles. The SMILES string of the molecule is Cc1cccc(C)c1NC(=O)N1CCN(c2ccc(F)cc2F)CC1. The van der Waals surface area contributed by atoms with Gasteiger partial charge in [0.25, 0.3) is 0 Å². The predicted molar refractivity (Wildman–Crippen MR) is 95.1 cm³/mol. The second-order valence-electron chi connectivity index (χ2n) is 6.27. The number of hydrogen-bond acceptors (Lipinski definition) is 2. The molecular formula is C19H21F2N3O. The number of aryl methyl sites for hydroxylation is 2. The molecule has 6 heteroatoms. The molecule has 0 atom stereocenters. The third-order valence-corrected chi connectivity index (χ3v) is 4.53. The summed E-state index contributed by atoms with van der Waals surface area (Å²) in [7, 11) is 0. The van der Waals surface area contributed by atoms with Gasteiger partial charge in [0.1, 0.15) is 11.6 Å². The van der Waals surface area contributed by atoms with E-state index in [0.717, 1.165) is 22.9 Å². The third-order valence-electron chi connectivity index (χ3n) is 4.53.